The van der Waals surface area contributed by atoms with E-state index in [0.717, 1.165) is 41.5 Å². The van der Waals surface area contributed by atoms with Gasteiger partial charge in [-0.2, -0.15) is 0 Å². The van der Waals surface area contributed by atoms with E-state index in [1.54, 1.807) is 62.4 Å². The standard InChI is InChI=1S/C63H83Cl4N7O14S2/c1-44(75)71-21-25-73(26-22-71)59-42-53-55(38-46(64)40-57(53)66)61(59)87-49-10-14-51(15-11-49)89(79,80)37-7-30-84-34-35-85-31-19-69-63(78)68-18-5-3-4-8-48(77)9-6-29-83-33-36-86-32-20-70-90(81,82)52-16-12-50(13-17-52)88-62-56-39-47(65)41-58(67)54(56)43-60(62)74-27-23-72(24-28-74)45(2)76/h10-17,38-41,59-62,70H,3-9,18-37,42-43H2,1-2H3,(H2,68,69,78)/t59-,60-,61-,62-/m0/s1. The van der Waals surface area contributed by atoms with E-state index in [2.05, 4.69) is 25.2 Å². The summed E-state index contributed by atoms with van der Waals surface area (Å²) in [4.78, 5) is 57.1. The summed E-state index contributed by atoms with van der Waals surface area (Å²) in [6, 6.07) is 19.5. The van der Waals surface area contributed by atoms with Crippen LogP contribution < -0.4 is 24.8 Å². The van der Waals surface area contributed by atoms with Crippen molar-refractivity contribution in [3.63, 3.8) is 0 Å². The zero-order valence-electron chi connectivity index (χ0n) is 51.1. The summed E-state index contributed by atoms with van der Waals surface area (Å²) in [5, 5.41) is 7.71. The second-order valence-corrected chi connectivity index (χ2v) is 28.3. The molecule has 3 N–H and O–H groups in total. The number of hydrogen-bond acceptors (Lipinski definition) is 16. The van der Waals surface area contributed by atoms with Crippen LogP contribution in [0.5, 0.6) is 11.5 Å². The van der Waals surface area contributed by atoms with Gasteiger partial charge in [-0.3, -0.25) is 24.2 Å². The Labute approximate surface area is 548 Å². The van der Waals surface area contributed by atoms with Crippen LogP contribution in [0, 0.1) is 0 Å². The Morgan fingerprint density at radius 2 is 0.944 bits per heavy atom. The van der Waals surface area contributed by atoms with Gasteiger partial charge in [0.15, 0.2) is 9.84 Å². The molecule has 2 aliphatic heterocycles. The summed E-state index contributed by atoms with van der Waals surface area (Å²) in [5.41, 5.74) is 3.73. The fourth-order valence-corrected chi connectivity index (χ4v) is 15.1. The summed E-state index contributed by atoms with van der Waals surface area (Å²) in [6.07, 6.45) is 4.48. The molecule has 4 aliphatic rings. The van der Waals surface area contributed by atoms with E-state index in [-0.39, 0.29) is 97.4 Å². The minimum Gasteiger partial charge on any atom is -0.484 e. The maximum atomic E-state index is 13.2. The molecule has 0 aromatic heterocycles. The van der Waals surface area contributed by atoms with Crippen molar-refractivity contribution in [2.24, 2.45) is 0 Å². The van der Waals surface area contributed by atoms with Crippen molar-refractivity contribution < 1.29 is 64.4 Å². The molecule has 494 valence electrons. The second-order valence-electron chi connectivity index (χ2n) is 22.7. The number of halogens is 4. The van der Waals surface area contributed by atoms with Crippen molar-refractivity contribution in [1.29, 1.82) is 0 Å². The summed E-state index contributed by atoms with van der Waals surface area (Å²) in [6.45, 7) is 11.4. The number of carbonyl (C=O) groups excluding carboxylic acids is 4. The van der Waals surface area contributed by atoms with Gasteiger partial charge in [-0.15, -0.1) is 0 Å². The number of sulfone groups is 1. The molecule has 4 atom stereocenters. The highest BCUT2D eigenvalue weighted by molar-refractivity contribution is 7.91. The number of Topliss-reactive ketones (excluding diaryl/α,β-unsaturated/α-hetero) is 1. The summed E-state index contributed by atoms with van der Waals surface area (Å²) in [7, 11) is -7.41. The number of urea groups is 1. The molecular formula is C63H83Cl4N7O14S2. The van der Waals surface area contributed by atoms with Crippen molar-refractivity contribution in [3.8, 4) is 11.5 Å². The molecule has 0 spiro atoms. The third-order valence-corrected chi connectivity index (χ3v) is 20.9. The van der Waals surface area contributed by atoms with Crippen molar-refractivity contribution in [1.82, 2.24) is 35.0 Å². The van der Waals surface area contributed by atoms with Gasteiger partial charge in [-0.25, -0.2) is 26.4 Å². The largest absolute Gasteiger partial charge is 0.484 e. The maximum absolute atomic E-state index is 13.2. The highest BCUT2D eigenvalue weighted by atomic mass is 35.5. The minimum atomic E-state index is -3.83. The Balaban J connectivity index is 0.585. The number of ketones is 1. The van der Waals surface area contributed by atoms with E-state index >= 15 is 0 Å². The number of amides is 4. The van der Waals surface area contributed by atoms with Gasteiger partial charge >= 0.3 is 6.03 Å². The van der Waals surface area contributed by atoms with Crippen molar-refractivity contribution in [2.75, 3.05) is 131 Å². The molecule has 2 aliphatic carbocycles. The number of benzene rings is 4. The predicted molar refractivity (Wildman–Crippen MR) is 344 cm³/mol. The van der Waals surface area contributed by atoms with Gasteiger partial charge in [-0.05, 0) is 122 Å². The van der Waals surface area contributed by atoms with E-state index in [1.807, 2.05) is 21.9 Å². The van der Waals surface area contributed by atoms with Crippen LogP contribution in [0.4, 0.5) is 4.79 Å². The molecule has 8 rings (SSSR count). The molecule has 21 nitrogen and oxygen atoms in total. The first kappa shape index (κ1) is 71.0. The fourth-order valence-electron chi connectivity index (χ4n) is 11.7. The molecule has 2 heterocycles. The van der Waals surface area contributed by atoms with E-state index < -0.39 is 32.1 Å². The number of sulfonamides is 1. The molecular weight excluding hydrogens is 1280 g/mol. The first-order valence-corrected chi connectivity index (χ1v) is 35.5. The Hall–Kier alpha value is -4.86. The summed E-state index contributed by atoms with van der Waals surface area (Å²) >= 11 is 26.1. The van der Waals surface area contributed by atoms with Gasteiger partial charge in [0.05, 0.1) is 67.3 Å². The molecule has 0 radical (unpaired) electrons. The number of nitrogens with one attached hydrogen (secondary N) is 3. The molecule has 27 heteroatoms. The van der Waals surface area contributed by atoms with Crippen LogP contribution in [0.25, 0.3) is 0 Å². The van der Waals surface area contributed by atoms with Crippen LogP contribution in [-0.2, 0) is 66.0 Å². The first-order chi connectivity index (χ1) is 43.3. The van der Waals surface area contributed by atoms with Crippen LogP contribution in [0.15, 0.2) is 82.6 Å². The van der Waals surface area contributed by atoms with E-state index in [4.69, 9.17) is 74.8 Å². The lowest BCUT2D eigenvalue weighted by molar-refractivity contribution is -0.132. The Kier molecular flexibility index (Phi) is 27.5. The minimum absolute atomic E-state index is 0.0443. The quantitative estimate of drug-likeness (QED) is 0.0368. The van der Waals surface area contributed by atoms with Gasteiger partial charge < -0.3 is 48.9 Å². The van der Waals surface area contributed by atoms with Crippen molar-refractivity contribution in [2.45, 2.75) is 106 Å². The van der Waals surface area contributed by atoms with Crippen LogP contribution >= 0.6 is 46.4 Å². The Morgan fingerprint density at radius 3 is 1.44 bits per heavy atom. The molecule has 0 saturated carbocycles. The lowest BCUT2D eigenvalue weighted by Gasteiger charge is -2.39. The normalized spacial score (nSPS) is 18.7. The maximum Gasteiger partial charge on any atom is 0.314 e. The molecule has 90 heavy (non-hydrogen) atoms. The first-order valence-electron chi connectivity index (χ1n) is 30.8. The van der Waals surface area contributed by atoms with Gasteiger partial charge in [0, 0.05) is 143 Å². The number of rotatable bonds is 35. The van der Waals surface area contributed by atoms with Gasteiger partial charge in [0.25, 0.3) is 0 Å². The molecule has 2 saturated heterocycles. The van der Waals surface area contributed by atoms with Gasteiger partial charge in [0.1, 0.15) is 29.5 Å². The number of carbonyl (C=O) groups is 4. The average Bonchev–Trinajstić information content (AvgIpc) is 1.66. The Bertz CT molecular complexity index is 3050. The van der Waals surface area contributed by atoms with Crippen LogP contribution in [-0.4, -0.2) is 203 Å². The predicted octanol–water partition coefficient (Wildman–Crippen LogP) is 8.14. The van der Waals surface area contributed by atoms with Crippen LogP contribution in [0.2, 0.25) is 20.1 Å². The number of nitrogens with zero attached hydrogens (tertiary/aromatic N) is 4. The highest BCUT2D eigenvalue weighted by Crippen LogP contribution is 2.45. The number of piperazine rings is 2. The van der Waals surface area contributed by atoms with Crippen LogP contribution in [0.1, 0.15) is 93.3 Å². The topological polar surface area (TPSA) is 241 Å². The molecule has 0 bridgehead atoms. The second kappa shape index (κ2) is 34.9. The zero-order chi connectivity index (χ0) is 64.2. The van der Waals surface area contributed by atoms with Crippen molar-refractivity contribution in [3.05, 3.63) is 115 Å². The van der Waals surface area contributed by atoms with E-state index in [0.29, 0.717) is 149 Å². The number of unbranched alkanes of at least 4 members (excludes halogenated alkanes) is 2. The average molecular weight is 1370 g/mol. The number of hydrogen-bond donors (Lipinski definition) is 3. The van der Waals surface area contributed by atoms with Gasteiger partial charge in [0.2, 0.25) is 21.8 Å². The lowest BCUT2D eigenvalue weighted by atomic mass is 10.1. The van der Waals surface area contributed by atoms with E-state index in [1.165, 1.54) is 12.1 Å². The summed E-state index contributed by atoms with van der Waals surface area (Å²) < 4.78 is 90.5. The molecule has 4 amide bonds. The monoisotopic (exact) mass is 1370 g/mol. The van der Waals surface area contributed by atoms with Gasteiger partial charge in [-0.1, -0.05) is 52.8 Å². The third kappa shape index (κ3) is 20.8. The fraction of sp³-hybridized carbons (Fsp3) is 0.556. The van der Waals surface area contributed by atoms with Crippen molar-refractivity contribution >= 4 is 89.9 Å². The third-order valence-electron chi connectivity index (χ3n) is 16.5. The van der Waals surface area contributed by atoms with E-state index in [9.17, 15) is 36.0 Å². The molecule has 2 fully saturated rings. The molecule has 4 aromatic rings. The Morgan fingerprint density at radius 1 is 0.500 bits per heavy atom. The smallest absolute Gasteiger partial charge is 0.314 e. The zero-order valence-corrected chi connectivity index (χ0v) is 55.7. The SMILES string of the molecule is CC(=O)N1CCN([C@H]2Cc3c(Cl)cc(Cl)cc3[C@@H]2Oc2ccc(S(=O)(=O)CCCOCCOCCNC(=O)NCCCCCC(=O)CCCOCCOCCNS(=O)(=O)c3ccc(O[C@H]4c5cc(Cl)cc(Cl)c5C[C@@H]4N4CCN(C(C)=O)CC4)cc3)cc2)CC1. The highest BCUT2D eigenvalue weighted by Gasteiger charge is 2.42. The number of fused-ring (bicyclic) bond motifs is 2. The summed E-state index contributed by atoms with van der Waals surface area (Å²) in [5.74, 6) is 1.17. The van der Waals surface area contributed by atoms with Crippen LogP contribution in [0.3, 0.4) is 0 Å². The lowest BCUT2D eigenvalue weighted by Crippen LogP contribution is -2.53. The number of ether oxygens (including phenoxy) is 6. The molecule has 4 aromatic carbocycles. The molecule has 0 unspecified atom stereocenters.